The minimum absolute atomic E-state index is 0.0536. The number of imidazole rings is 1. The third-order valence-corrected chi connectivity index (χ3v) is 6.02. The highest BCUT2D eigenvalue weighted by Crippen LogP contribution is 2.38. The molecule has 0 bridgehead atoms. The molecule has 1 aliphatic heterocycles. The van der Waals surface area contributed by atoms with Crippen molar-refractivity contribution in [1.82, 2.24) is 18.7 Å². The number of carbonyl (C=O) groups excluding carboxylic acids is 1. The summed E-state index contributed by atoms with van der Waals surface area (Å²) in [5.41, 5.74) is 0.208. The van der Waals surface area contributed by atoms with Crippen LogP contribution in [0, 0.1) is 0 Å². The van der Waals surface area contributed by atoms with Gasteiger partial charge in [0.15, 0.2) is 22.7 Å². The van der Waals surface area contributed by atoms with E-state index in [4.69, 9.17) is 30.5 Å². The molecule has 11 nitrogen and oxygen atoms in total. The van der Waals surface area contributed by atoms with Gasteiger partial charge in [0, 0.05) is 25.2 Å². The lowest BCUT2D eigenvalue weighted by Crippen LogP contribution is -2.37. The fraction of sp³-hybridized carbons (Fsp3) is 0.217. The Bertz CT molecular complexity index is 1600. The molecule has 0 aliphatic carbocycles. The van der Waals surface area contributed by atoms with Gasteiger partial charge in [0.1, 0.15) is 5.75 Å². The number of fused-ring (bicyclic) bond motifs is 2. The van der Waals surface area contributed by atoms with Crippen molar-refractivity contribution in [3.63, 3.8) is 0 Å². The van der Waals surface area contributed by atoms with Crippen LogP contribution in [0.2, 0.25) is 5.02 Å². The summed E-state index contributed by atoms with van der Waals surface area (Å²) in [4.78, 5) is 41.8. The molecule has 2 aromatic heterocycles. The highest BCUT2D eigenvalue weighted by molar-refractivity contribution is 6.31. The van der Waals surface area contributed by atoms with E-state index in [-0.39, 0.29) is 30.5 Å². The Morgan fingerprint density at radius 2 is 1.77 bits per heavy atom. The lowest BCUT2D eigenvalue weighted by Gasteiger charge is -2.12. The lowest BCUT2D eigenvalue weighted by atomic mass is 10.2. The van der Waals surface area contributed by atoms with E-state index in [9.17, 15) is 14.4 Å². The van der Waals surface area contributed by atoms with Gasteiger partial charge in [-0.25, -0.2) is 9.59 Å². The van der Waals surface area contributed by atoms with Crippen molar-refractivity contribution < 1.29 is 23.7 Å². The van der Waals surface area contributed by atoms with Gasteiger partial charge in [0.05, 0.1) is 19.2 Å². The first kappa shape index (κ1) is 22.5. The van der Waals surface area contributed by atoms with E-state index in [2.05, 4.69) is 4.98 Å². The molecule has 0 unspecified atom stereocenters. The third-order valence-electron chi connectivity index (χ3n) is 5.67. The fourth-order valence-electron chi connectivity index (χ4n) is 3.78. The standard InChI is InChI=1S/C23H19ClN4O7/c1-26-19-18(20(29)27(2)23(26)31)28(10-13-8-16-17(9-15(13)24)34-11-33-16)22(25-19)35-14-6-4-12(5-7-14)21(30)32-3/h4-9H,10-11H2,1-3H3. The quantitative estimate of drug-likeness (QED) is 0.385. The van der Waals surface area contributed by atoms with Gasteiger partial charge in [0.25, 0.3) is 5.56 Å². The molecular weight excluding hydrogens is 480 g/mol. The van der Waals surface area contributed by atoms with Crippen molar-refractivity contribution in [3.05, 3.63) is 73.4 Å². The van der Waals surface area contributed by atoms with E-state index in [1.54, 1.807) is 24.3 Å². The van der Waals surface area contributed by atoms with Gasteiger partial charge in [-0.3, -0.25) is 18.5 Å². The van der Waals surface area contributed by atoms with E-state index in [0.717, 1.165) is 4.57 Å². The number of methoxy groups -OCH3 is 1. The second-order valence-electron chi connectivity index (χ2n) is 7.77. The molecular formula is C23H19ClN4O7. The Balaban J connectivity index is 1.65. The third kappa shape index (κ3) is 3.79. The number of nitrogens with zero attached hydrogens (tertiary/aromatic N) is 4. The summed E-state index contributed by atoms with van der Waals surface area (Å²) in [6, 6.07) is 9.63. The topological polar surface area (TPSA) is 116 Å². The molecule has 12 heteroatoms. The maximum absolute atomic E-state index is 13.1. The largest absolute Gasteiger partial charge is 0.465 e. The number of halogens is 1. The Kier molecular flexibility index (Phi) is 5.48. The molecule has 0 spiro atoms. The predicted molar refractivity (Wildman–Crippen MR) is 125 cm³/mol. The molecule has 180 valence electrons. The zero-order chi connectivity index (χ0) is 24.9. The first-order chi connectivity index (χ1) is 16.8. The van der Waals surface area contributed by atoms with Crippen molar-refractivity contribution in [3.8, 4) is 23.3 Å². The molecule has 0 saturated heterocycles. The van der Waals surface area contributed by atoms with Crippen LogP contribution in [0.5, 0.6) is 23.3 Å². The minimum atomic E-state index is -0.539. The highest BCUT2D eigenvalue weighted by Gasteiger charge is 2.23. The van der Waals surface area contributed by atoms with Crippen molar-refractivity contribution in [2.24, 2.45) is 14.1 Å². The molecule has 35 heavy (non-hydrogen) atoms. The molecule has 3 heterocycles. The van der Waals surface area contributed by atoms with E-state index >= 15 is 0 Å². The van der Waals surface area contributed by atoms with Crippen LogP contribution in [-0.4, -0.2) is 38.6 Å². The predicted octanol–water partition coefficient (Wildman–Crippen LogP) is 2.44. The molecule has 0 saturated carbocycles. The molecule has 2 aromatic carbocycles. The van der Waals surface area contributed by atoms with E-state index in [0.29, 0.717) is 33.4 Å². The summed E-state index contributed by atoms with van der Waals surface area (Å²) in [5.74, 6) is 0.914. The van der Waals surface area contributed by atoms with E-state index in [1.165, 1.54) is 42.5 Å². The molecule has 0 radical (unpaired) electrons. The van der Waals surface area contributed by atoms with Gasteiger partial charge in [-0.15, -0.1) is 0 Å². The zero-order valence-electron chi connectivity index (χ0n) is 18.9. The fourth-order valence-corrected chi connectivity index (χ4v) is 4.00. The summed E-state index contributed by atoms with van der Waals surface area (Å²) < 4.78 is 25.3. The number of rotatable bonds is 5. The van der Waals surface area contributed by atoms with Gasteiger partial charge in [0.2, 0.25) is 6.79 Å². The van der Waals surface area contributed by atoms with Gasteiger partial charge in [-0.1, -0.05) is 11.6 Å². The number of hydrogen-bond donors (Lipinski definition) is 0. The lowest BCUT2D eigenvalue weighted by molar-refractivity contribution is 0.0600. The number of benzene rings is 2. The summed E-state index contributed by atoms with van der Waals surface area (Å²) in [5, 5.41) is 0.395. The first-order valence-corrected chi connectivity index (χ1v) is 10.8. The molecule has 0 amide bonds. The summed E-state index contributed by atoms with van der Waals surface area (Å²) in [6.45, 7) is 0.177. The van der Waals surface area contributed by atoms with Crippen molar-refractivity contribution in [2.45, 2.75) is 6.54 Å². The summed E-state index contributed by atoms with van der Waals surface area (Å²) in [7, 11) is 4.20. The number of aryl methyl sites for hydroxylation is 1. The average Bonchev–Trinajstić information content (AvgIpc) is 3.46. The maximum Gasteiger partial charge on any atom is 0.337 e. The molecule has 0 atom stereocenters. The van der Waals surface area contributed by atoms with Gasteiger partial charge < -0.3 is 18.9 Å². The van der Waals surface area contributed by atoms with Gasteiger partial charge in [-0.05, 0) is 35.9 Å². The van der Waals surface area contributed by atoms with Crippen LogP contribution in [0.4, 0.5) is 0 Å². The SMILES string of the molecule is COC(=O)c1ccc(Oc2nc3c(c(=O)n(C)c(=O)n3C)n2Cc2cc3c(cc2Cl)OCO3)cc1. The normalized spacial score (nSPS) is 12.2. The van der Waals surface area contributed by atoms with Crippen molar-refractivity contribution in [2.75, 3.05) is 13.9 Å². The van der Waals surface area contributed by atoms with Crippen LogP contribution in [0.1, 0.15) is 15.9 Å². The van der Waals surface area contributed by atoms with E-state index < -0.39 is 17.2 Å². The Hall–Kier alpha value is -4.25. The number of hydrogen-bond acceptors (Lipinski definition) is 8. The highest BCUT2D eigenvalue weighted by atomic mass is 35.5. The number of ether oxygens (including phenoxy) is 4. The van der Waals surface area contributed by atoms with Crippen LogP contribution in [0.3, 0.4) is 0 Å². The Morgan fingerprint density at radius 1 is 1.09 bits per heavy atom. The average molecular weight is 499 g/mol. The van der Waals surface area contributed by atoms with Crippen molar-refractivity contribution in [1.29, 1.82) is 0 Å². The summed E-state index contributed by atoms with van der Waals surface area (Å²) >= 11 is 6.48. The first-order valence-electron chi connectivity index (χ1n) is 10.4. The molecule has 0 N–H and O–H groups in total. The van der Waals surface area contributed by atoms with Crippen molar-refractivity contribution >= 4 is 28.7 Å². The molecule has 1 aliphatic rings. The molecule has 4 aromatic rings. The number of esters is 1. The number of aromatic nitrogens is 4. The van der Waals surface area contributed by atoms with Crippen LogP contribution < -0.4 is 25.5 Å². The molecule has 0 fully saturated rings. The Morgan fingerprint density at radius 3 is 2.46 bits per heavy atom. The van der Waals surface area contributed by atoms with Gasteiger partial charge >= 0.3 is 17.7 Å². The van der Waals surface area contributed by atoms with Crippen LogP contribution in [0.15, 0.2) is 46.0 Å². The number of carbonyl (C=O) groups is 1. The van der Waals surface area contributed by atoms with Crippen LogP contribution in [-0.2, 0) is 25.4 Å². The van der Waals surface area contributed by atoms with Crippen LogP contribution in [0.25, 0.3) is 11.2 Å². The van der Waals surface area contributed by atoms with Crippen LogP contribution >= 0.6 is 11.6 Å². The second kappa shape index (κ2) is 8.51. The summed E-state index contributed by atoms with van der Waals surface area (Å²) in [6.07, 6.45) is 0. The second-order valence-corrected chi connectivity index (χ2v) is 8.18. The Labute approximate surface area is 202 Å². The monoisotopic (exact) mass is 498 g/mol. The smallest absolute Gasteiger partial charge is 0.337 e. The minimum Gasteiger partial charge on any atom is -0.465 e. The zero-order valence-corrected chi connectivity index (χ0v) is 19.7. The maximum atomic E-state index is 13.1. The molecule has 5 rings (SSSR count). The van der Waals surface area contributed by atoms with E-state index in [1.807, 2.05) is 0 Å². The van der Waals surface area contributed by atoms with Gasteiger partial charge in [-0.2, -0.15) is 4.98 Å².